The number of hydrogen-bond acceptors (Lipinski definition) is 3. The van der Waals surface area contributed by atoms with Crippen LogP contribution in [0.15, 0.2) is 42.7 Å². The van der Waals surface area contributed by atoms with Gasteiger partial charge in [0.05, 0.1) is 11.1 Å². The van der Waals surface area contributed by atoms with Crippen LogP contribution in [-0.4, -0.2) is 34.3 Å². The number of rotatable bonds is 5. The lowest BCUT2D eigenvalue weighted by atomic mass is 9.99. The first-order valence-corrected chi connectivity index (χ1v) is 9.68. The minimum atomic E-state index is -0.218. The molecule has 1 aliphatic heterocycles. The Balaban J connectivity index is 1.69. The maximum atomic E-state index is 12.9. The van der Waals surface area contributed by atoms with Gasteiger partial charge in [-0.25, -0.2) is 0 Å². The Bertz CT molecular complexity index is 819. The van der Waals surface area contributed by atoms with Crippen molar-refractivity contribution >= 4 is 11.8 Å². The molecule has 0 radical (unpaired) electrons. The van der Waals surface area contributed by atoms with Crippen LogP contribution in [0.1, 0.15) is 64.4 Å². The SMILES string of the molecule is CCC1CCCCN1C(=O)c1cncc(C(=O)NCc2cccc(C)c2)c1. The molecule has 2 amide bonds. The topological polar surface area (TPSA) is 62.3 Å². The van der Waals surface area contributed by atoms with Crippen molar-refractivity contribution in [3.05, 3.63) is 65.0 Å². The molecule has 5 heteroatoms. The van der Waals surface area contributed by atoms with E-state index in [0.717, 1.165) is 36.9 Å². The van der Waals surface area contributed by atoms with Gasteiger partial charge in [-0.1, -0.05) is 36.8 Å². The summed E-state index contributed by atoms with van der Waals surface area (Å²) in [6.07, 6.45) is 7.27. The Labute approximate surface area is 160 Å². The Hall–Kier alpha value is -2.69. The van der Waals surface area contributed by atoms with Crippen LogP contribution >= 0.6 is 0 Å². The largest absolute Gasteiger partial charge is 0.348 e. The van der Waals surface area contributed by atoms with Crippen molar-refractivity contribution in [2.24, 2.45) is 0 Å². The Morgan fingerprint density at radius 3 is 2.78 bits per heavy atom. The molecule has 5 nitrogen and oxygen atoms in total. The van der Waals surface area contributed by atoms with E-state index in [9.17, 15) is 9.59 Å². The number of hydrogen-bond donors (Lipinski definition) is 1. The first kappa shape index (κ1) is 19.1. The molecule has 2 heterocycles. The van der Waals surface area contributed by atoms with Crippen LogP contribution in [0, 0.1) is 6.92 Å². The molecule has 1 fully saturated rings. The second-order valence-electron chi connectivity index (χ2n) is 7.19. The normalized spacial score (nSPS) is 16.8. The number of carbonyl (C=O) groups is 2. The highest BCUT2D eigenvalue weighted by atomic mass is 16.2. The van der Waals surface area contributed by atoms with Gasteiger partial charge in [0.1, 0.15) is 0 Å². The number of nitrogens with one attached hydrogen (secondary N) is 1. The van der Waals surface area contributed by atoms with Crippen molar-refractivity contribution in [3.63, 3.8) is 0 Å². The van der Waals surface area contributed by atoms with Gasteiger partial charge >= 0.3 is 0 Å². The van der Waals surface area contributed by atoms with Crippen molar-refractivity contribution in [1.29, 1.82) is 0 Å². The summed E-state index contributed by atoms with van der Waals surface area (Å²) in [4.78, 5) is 31.5. The molecular weight excluding hydrogens is 338 g/mol. The fraction of sp³-hybridized carbons (Fsp3) is 0.409. The van der Waals surface area contributed by atoms with Gasteiger partial charge in [0.15, 0.2) is 0 Å². The van der Waals surface area contributed by atoms with E-state index in [1.807, 2.05) is 36.1 Å². The molecule has 0 spiro atoms. The van der Waals surface area contributed by atoms with Crippen LogP contribution < -0.4 is 5.32 Å². The monoisotopic (exact) mass is 365 g/mol. The maximum Gasteiger partial charge on any atom is 0.255 e. The highest BCUT2D eigenvalue weighted by molar-refractivity contribution is 5.99. The summed E-state index contributed by atoms with van der Waals surface area (Å²) in [5.41, 5.74) is 3.10. The summed E-state index contributed by atoms with van der Waals surface area (Å²) >= 11 is 0. The number of benzene rings is 1. The number of nitrogens with zero attached hydrogens (tertiary/aromatic N) is 2. The zero-order valence-electron chi connectivity index (χ0n) is 16.1. The molecule has 1 aliphatic rings. The third-order valence-corrected chi connectivity index (χ3v) is 5.14. The van der Waals surface area contributed by atoms with Gasteiger partial charge in [-0.2, -0.15) is 0 Å². The second-order valence-corrected chi connectivity index (χ2v) is 7.19. The van der Waals surface area contributed by atoms with E-state index in [1.54, 1.807) is 12.3 Å². The zero-order chi connectivity index (χ0) is 19.2. The first-order chi connectivity index (χ1) is 13.1. The van der Waals surface area contributed by atoms with E-state index >= 15 is 0 Å². The lowest BCUT2D eigenvalue weighted by Gasteiger charge is -2.35. The molecular formula is C22H27N3O2. The number of piperidine rings is 1. The van der Waals surface area contributed by atoms with Crippen molar-refractivity contribution in [2.75, 3.05) is 6.54 Å². The highest BCUT2D eigenvalue weighted by Gasteiger charge is 2.26. The van der Waals surface area contributed by atoms with E-state index in [4.69, 9.17) is 0 Å². The quantitative estimate of drug-likeness (QED) is 0.878. The molecule has 1 N–H and O–H groups in total. The molecule has 0 aliphatic carbocycles. The molecule has 2 aromatic rings. The molecule has 0 saturated carbocycles. The van der Waals surface area contributed by atoms with Crippen molar-refractivity contribution in [3.8, 4) is 0 Å². The summed E-state index contributed by atoms with van der Waals surface area (Å²) in [6, 6.07) is 9.95. The summed E-state index contributed by atoms with van der Waals surface area (Å²) in [5.74, 6) is -0.244. The summed E-state index contributed by atoms with van der Waals surface area (Å²) in [7, 11) is 0. The number of aromatic nitrogens is 1. The Kier molecular flexibility index (Phi) is 6.22. The summed E-state index contributed by atoms with van der Waals surface area (Å²) in [5, 5.41) is 2.90. The second kappa shape index (κ2) is 8.80. The molecule has 1 aromatic heterocycles. The molecule has 1 saturated heterocycles. The predicted molar refractivity (Wildman–Crippen MR) is 106 cm³/mol. The summed E-state index contributed by atoms with van der Waals surface area (Å²) in [6.45, 7) is 5.36. The lowest BCUT2D eigenvalue weighted by molar-refractivity contribution is 0.0607. The Morgan fingerprint density at radius 2 is 2.00 bits per heavy atom. The maximum absolute atomic E-state index is 12.9. The number of pyridine rings is 1. The Morgan fingerprint density at radius 1 is 1.19 bits per heavy atom. The third kappa shape index (κ3) is 4.73. The van der Waals surface area contributed by atoms with Gasteiger partial charge in [0, 0.05) is 31.5 Å². The molecule has 142 valence electrons. The van der Waals surface area contributed by atoms with Gasteiger partial charge in [0.25, 0.3) is 11.8 Å². The molecule has 1 atom stereocenters. The predicted octanol–water partition coefficient (Wildman–Crippen LogP) is 3.72. The lowest BCUT2D eigenvalue weighted by Crippen LogP contribution is -2.43. The number of amides is 2. The zero-order valence-corrected chi connectivity index (χ0v) is 16.1. The fourth-order valence-electron chi connectivity index (χ4n) is 3.65. The molecule has 27 heavy (non-hydrogen) atoms. The first-order valence-electron chi connectivity index (χ1n) is 9.68. The van der Waals surface area contributed by atoms with Gasteiger partial charge in [0.2, 0.25) is 0 Å². The van der Waals surface area contributed by atoms with E-state index in [2.05, 4.69) is 17.2 Å². The highest BCUT2D eigenvalue weighted by Crippen LogP contribution is 2.22. The number of carbonyl (C=O) groups excluding carboxylic acids is 2. The molecule has 1 unspecified atom stereocenters. The van der Waals surface area contributed by atoms with Crippen molar-refractivity contribution < 1.29 is 9.59 Å². The van der Waals surface area contributed by atoms with Gasteiger partial charge < -0.3 is 10.2 Å². The van der Waals surface area contributed by atoms with E-state index in [0.29, 0.717) is 17.7 Å². The van der Waals surface area contributed by atoms with Gasteiger partial charge in [-0.05, 0) is 44.2 Å². The van der Waals surface area contributed by atoms with Crippen molar-refractivity contribution in [1.82, 2.24) is 15.2 Å². The minimum absolute atomic E-state index is 0.0256. The fourth-order valence-corrected chi connectivity index (χ4v) is 3.65. The molecule has 3 rings (SSSR count). The smallest absolute Gasteiger partial charge is 0.255 e. The standard InChI is InChI=1S/C22H27N3O2/c1-3-20-9-4-5-10-25(20)22(27)19-12-18(14-23-15-19)21(26)24-13-17-8-6-7-16(2)11-17/h6-8,11-12,14-15,20H,3-5,9-10,13H2,1-2H3,(H,24,26). The van der Waals surface area contributed by atoms with Crippen LogP contribution in [-0.2, 0) is 6.54 Å². The number of aryl methyl sites for hydroxylation is 1. The third-order valence-electron chi connectivity index (χ3n) is 5.14. The van der Waals surface area contributed by atoms with Crippen LogP contribution in [0.2, 0.25) is 0 Å². The summed E-state index contributed by atoms with van der Waals surface area (Å²) < 4.78 is 0. The van der Waals surface area contributed by atoms with Gasteiger partial charge in [-0.3, -0.25) is 14.6 Å². The van der Waals surface area contributed by atoms with Crippen LogP contribution in [0.25, 0.3) is 0 Å². The van der Waals surface area contributed by atoms with Gasteiger partial charge in [-0.15, -0.1) is 0 Å². The average Bonchev–Trinajstić information content (AvgIpc) is 2.71. The van der Waals surface area contributed by atoms with Crippen LogP contribution in [0.5, 0.6) is 0 Å². The van der Waals surface area contributed by atoms with Crippen molar-refractivity contribution in [2.45, 2.75) is 52.1 Å². The van der Waals surface area contributed by atoms with E-state index < -0.39 is 0 Å². The molecule has 1 aromatic carbocycles. The number of likely N-dealkylation sites (tertiary alicyclic amines) is 1. The van der Waals surface area contributed by atoms with Crippen LogP contribution in [0.3, 0.4) is 0 Å². The minimum Gasteiger partial charge on any atom is -0.348 e. The molecule has 0 bridgehead atoms. The van der Waals surface area contributed by atoms with E-state index in [-0.39, 0.29) is 17.9 Å². The van der Waals surface area contributed by atoms with E-state index in [1.165, 1.54) is 12.6 Å². The average molecular weight is 365 g/mol. The van der Waals surface area contributed by atoms with Crippen LogP contribution in [0.4, 0.5) is 0 Å².